The van der Waals surface area contributed by atoms with Crippen molar-refractivity contribution < 1.29 is 38.1 Å². The Balaban J connectivity index is 2.52. The lowest BCUT2D eigenvalue weighted by Gasteiger charge is -2.15. The lowest BCUT2D eigenvalue weighted by atomic mass is 10.1. The fourth-order valence-electron chi connectivity index (χ4n) is 2.68. The number of esters is 4. The van der Waals surface area contributed by atoms with E-state index in [-0.39, 0.29) is 11.4 Å². The van der Waals surface area contributed by atoms with Crippen LogP contribution in [0.2, 0.25) is 0 Å². The summed E-state index contributed by atoms with van der Waals surface area (Å²) in [5, 5.41) is 7.02. The number of carbonyl (C=O) groups is 4. The molecule has 0 aliphatic rings. The number of hydrogen-bond donors (Lipinski definition) is 2. The van der Waals surface area contributed by atoms with Crippen LogP contribution in [0.25, 0.3) is 10.8 Å². The highest BCUT2D eigenvalue weighted by Crippen LogP contribution is 2.31. The van der Waals surface area contributed by atoms with Crippen molar-refractivity contribution in [1.29, 1.82) is 0 Å². The summed E-state index contributed by atoms with van der Waals surface area (Å²) in [6.45, 7) is 0. The molecule has 2 aromatic carbocycles. The maximum absolute atomic E-state index is 12.1. The molecule has 0 unspecified atom stereocenters. The van der Waals surface area contributed by atoms with Crippen LogP contribution in [0.1, 0.15) is 0 Å². The van der Waals surface area contributed by atoms with Gasteiger partial charge >= 0.3 is 23.9 Å². The van der Waals surface area contributed by atoms with Gasteiger partial charge in [-0.15, -0.1) is 0 Å². The number of nitrogens with one attached hydrogen (secondary N) is 2. The molecule has 2 N–H and O–H groups in total. The predicted molar refractivity (Wildman–Crippen MR) is 115 cm³/mol. The molecule has 0 fully saturated rings. The zero-order chi connectivity index (χ0) is 23.7. The van der Waals surface area contributed by atoms with E-state index in [0.29, 0.717) is 22.1 Å². The quantitative estimate of drug-likeness (QED) is 0.356. The molecule has 0 radical (unpaired) electrons. The third-order valence-corrected chi connectivity index (χ3v) is 4.20. The maximum Gasteiger partial charge on any atom is 0.354 e. The minimum atomic E-state index is -0.768. The third-order valence-electron chi connectivity index (χ3n) is 4.20. The van der Waals surface area contributed by atoms with E-state index in [1.165, 1.54) is 28.4 Å². The fourth-order valence-corrected chi connectivity index (χ4v) is 2.68. The molecule has 2 aromatic rings. The molecule has 168 valence electrons. The van der Waals surface area contributed by atoms with Gasteiger partial charge < -0.3 is 29.6 Å². The van der Waals surface area contributed by atoms with E-state index in [4.69, 9.17) is 9.47 Å². The smallest absolute Gasteiger partial charge is 0.354 e. The molecule has 0 saturated carbocycles. The van der Waals surface area contributed by atoms with E-state index in [2.05, 4.69) is 20.1 Å². The summed E-state index contributed by atoms with van der Waals surface area (Å²) in [7, 11) is 4.74. The van der Waals surface area contributed by atoms with Crippen molar-refractivity contribution in [2.24, 2.45) is 0 Å². The van der Waals surface area contributed by atoms with E-state index in [1.54, 1.807) is 36.4 Å². The molecule has 0 saturated heterocycles. The highest BCUT2D eigenvalue weighted by atomic mass is 16.5. The average Bonchev–Trinajstić information content (AvgIpc) is 2.82. The van der Waals surface area contributed by atoms with E-state index in [9.17, 15) is 19.2 Å². The van der Waals surface area contributed by atoms with E-state index >= 15 is 0 Å². The maximum atomic E-state index is 12.1. The van der Waals surface area contributed by atoms with E-state index < -0.39 is 23.9 Å². The molecular weight excluding hydrogens is 420 g/mol. The van der Waals surface area contributed by atoms with Crippen molar-refractivity contribution in [2.75, 3.05) is 39.1 Å². The number of hydrogen-bond acceptors (Lipinski definition) is 10. The number of fused-ring (bicyclic) bond motifs is 1. The zero-order valence-electron chi connectivity index (χ0n) is 17.9. The van der Waals surface area contributed by atoms with Crippen LogP contribution in [0.5, 0.6) is 0 Å². The zero-order valence-corrected chi connectivity index (χ0v) is 17.9. The Labute approximate surface area is 183 Å². The SMILES string of the molecule is COC(=O)/C=C(/Nc1cccc2c(N/C(=C/C(=O)OC)C(=O)OC)cccc12)C(=O)OC. The van der Waals surface area contributed by atoms with Gasteiger partial charge in [0.15, 0.2) is 0 Å². The number of rotatable bonds is 8. The van der Waals surface area contributed by atoms with Crippen LogP contribution in [0.3, 0.4) is 0 Å². The summed E-state index contributed by atoms with van der Waals surface area (Å²) in [5.41, 5.74) is 0.684. The summed E-state index contributed by atoms with van der Waals surface area (Å²) in [4.78, 5) is 47.4. The Kier molecular flexibility index (Phi) is 8.35. The van der Waals surface area contributed by atoms with Crippen LogP contribution in [-0.4, -0.2) is 52.3 Å². The van der Waals surface area contributed by atoms with Gasteiger partial charge in [-0.1, -0.05) is 24.3 Å². The van der Waals surface area contributed by atoms with Gasteiger partial charge in [0.1, 0.15) is 11.4 Å². The van der Waals surface area contributed by atoms with Crippen molar-refractivity contribution in [3.8, 4) is 0 Å². The van der Waals surface area contributed by atoms with Crippen LogP contribution in [0.15, 0.2) is 59.9 Å². The van der Waals surface area contributed by atoms with Crippen molar-refractivity contribution in [3.63, 3.8) is 0 Å². The van der Waals surface area contributed by atoms with Gasteiger partial charge in [0.05, 0.1) is 40.6 Å². The van der Waals surface area contributed by atoms with Crippen LogP contribution >= 0.6 is 0 Å². The van der Waals surface area contributed by atoms with Gasteiger partial charge in [0, 0.05) is 22.1 Å². The first-order chi connectivity index (χ1) is 15.3. The fraction of sp³-hybridized carbons (Fsp3) is 0.182. The second kappa shape index (κ2) is 11.2. The van der Waals surface area contributed by atoms with E-state index in [1.807, 2.05) is 0 Å². The Hall–Kier alpha value is -4.34. The molecule has 0 aliphatic heterocycles. The minimum absolute atomic E-state index is 0.133. The van der Waals surface area contributed by atoms with Crippen molar-refractivity contribution in [2.45, 2.75) is 0 Å². The van der Waals surface area contributed by atoms with Gasteiger partial charge in [0.2, 0.25) is 0 Å². The standard InChI is InChI=1S/C22H22N2O8/c1-29-19(25)11-17(21(27)31-3)23-15-9-5-8-14-13(15)7-6-10-16(14)24-18(22(28)32-4)12-20(26)30-2/h5-12,23-24H,1-4H3/b17-11+,18-12+. The number of ether oxygens (including phenoxy) is 4. The van der Waals surface area contributed by atoms with Crippen LogP contribution < -0.4 is 10.6 Å². The molecule has 0 aromatic heterocycles. The average molecular weight is 442 g/mol. The lowest BCUT2D eigenvalue weighted by molar-refractivity contribution is -0.138. The molecule has 0 atom stereocenters. The monoisotopic (exact) mass is 442 g/mol. The summed E-state index contributed by atoms with van der Waals surface area (Å²) < 4.78 is 18.6. The molecule has 10 nitrogen and oxygen atoms in total. The van der Waals surface area contributed by atoms with Crippen LogP contribution in [0, 0.1) is 0 Å². The molecule has 0 heterocycles. The summed E-state index contributed by atoms with van der Waals surface area (Å²) in [6, 6.07) is 10.3. The van der Waals surface area contributed by atoms with Crippen molar-refractivity contribution in [3.05, 3.63) is 59.9 Å². The topological polar surface area (TPSA) is 129 Å². The normalized spacial score (nSPS) is 11.4. The first-order valence-corrected chi connectivity index (χ1v) is 9.16. The van der Waals surface area contributed by atoms with Gasteiger partial charge in [-0.25, -0.2) is 19.2 Å². The van der Waals surface area contributed by atoms with Crippen LogP contribution in [-0.2, 0) is 38.1 Å². The second-order valence-corrected chi connectivity index (χ2v) is 6.10. The molecule has 32 heavy (non-hydrogen) atoms. The first-order valence-electron chi connectivity index (χ1n) is 9.16. The highest BCUT2D eigenvalue weighted by Gasteiger charge is 2.17. The van der Waals surface area contributed by atoms with Crippen LogP contribution in [0.4, 0.5) is 11.4 Å². The minimum Gasteiger partial charge on any atom is -0.466 e. The number of benzene rings is 2. The summed E-state index contributed by atoms with van der Waals surface area (Å²) >= 11 is 0. The Morgan fingerprint density at radius 2 is 1.00 bits per heavy atom. The molecule has 10 heteroatoms. The first kappa shape index (κ1) is 23.9. The Morgan fingerprint density at radius 1 is 0.625 bits per heavy atom. The van der Waals surface area contributed by atoms with Gasteiger partial charge in [-0.05, 0) is 12.1 Å². The molecule has 0 bridgehead atoms. The largest absolute Gasteiger partial charge is 0.466 e. The molecule has 2 rings (SSSR count). The highest BCUT2D eigenvalue weighted by molar-refractivity contribution is 6.07. The van der Waals surface area contributed by atoms with E-state index in [0.717, 1.165) is 12.2 Å². The van der Waals surface area contributed by atoms with Gasteiger partial charge in [-0.3, -0.25) is 0 Å². The third kappa shape index (κ3) is 5.85. The predicted octanol–water partition coefficient (Wildman–Crippen LogP) is 2.12. The number of anilines is 2. The number of carbonyl (C=O) groups excluding carboxylic acids is 4. The van der Waals surface area contributed by atoms with Gasteiger partial charge in [0.25, 0.3) is 0 Å². The Bertz CT molecular complexity index is 1020. The lowest BCUT2D eigenvalue weighted by Crippen LogP contribution is -2.16. The molecular formula is C22H22N2O8. The summed E-state index contributed by atoms with van der Waals surface area (Å²) in [5.74, 6) is -3.02. The second-order valence-electron chi connectivity index (χ2n) is 6.10. The molecule has 0 aliphatic carbocycles. The van der Waals surface area contributed by atoms with Crippen molar-refractivity contribution in [1.82, 2.24) is 0 Å². The Morgan fingerprint density at radius 3 is 1.31 bits per heavy atom. The number of methoxy groups -OCH3 is 4. The summed E-state index contributed by atoms with van der Waals surface area (Å²) in [6.07, 6.45) is 1.95. The molecule has 0 spiro atoms. The molecule has 0 amide bonds. The van der Waals surface area contributed by atoms with Crippen molar-refractivity contribution >= 4 is 46.0 Å². The van der Waals surface area contributed by atoms with Gasteiger partial charge in [-0.2, -0.15) is 0 Å².